The molecule has 4 N–H and O–H groups in total. The summed E-state index contributed by atoms with van der Waals surface area (Å²) in [6.45, 7) is 2.36. The number of nitrogens with one attached hydrogen (secondary N) is 2. The molecule has 0 aliphatic carbocycles. The van der Waals surface area contributed by atoms with Crippen molar-refractivity contribution in [2.45, 2.75) is 19.3 Å². The van der Waals surface area contributed by atoms with Crippen LogP contribution in [0.5, 0.6) is 0 Å². The molecule has 23 heavy (non-hydrogen) atoms. The van der Waals surface area contributed by atoms with Crippen molar-refractivity contribution in [3.63, 3.8) is 0 Å². The Kier molecular flexibility index (Phi) is 7.39. The molecule has 0 aromatic carbocycles. The SMILES string of the molecule is NC(=NCCCCNc1ccccn1)NCCc1ccccn1. The van der Waals surface area contributed by atoms with Crippen LogP contribution < -0.4 is 16.4 Å². The third-order valence-corrected chi connectivity index (χ3v) is 3.25. The van der Waals surface area contributed by atoms with E-state index in [1.165, 1.54) is 0 Å². The van der Waals surface area contributed by atoms with Gasteiger partial charge in [0.1, 0.15) is 5.82 Å². The summed E-state index contributed by atoms with van der Waals surface area (Å²) in [4.78, 5) is 12.8. The van der Waals surface area contributed by atoms with Gasteiger partial charge in [-0.15, -0.1) is 0 Å². The Balaban J connectivity index is 1.51. The fourth-order valence-electron chi connectivity index (χ4n) is 2.04. The van der Waals surface area contributed by atoms with Crippen LogP contribution in [-0.4, -0.2) is 35.6 Å². The first kappa shape index (κ1) is 16.7. The van der Waals surface area contributed by atoms with Crippen molar-refractivity contribution in [1.29, 1.82) is 0 Å². The van der Waals surface area contributed by atoms with Crippen molar-refractivity contribution in [1.82, 2.24) is 15.3 Å². The highest BCUT2D eigenvalue weighted by Gasteiger charge is 1.95. The number of nitrogens with two attached hydrogens (primary N) is 1. The summed E-state index contributed by atoms with van der Waals surface area (Å²) >= 11 is 0. The van der Waals surface area contributed by atoms with E-state index in [1.807, 2.05) is 36.4 Å². The standard InChI is InChI=1S/C17H24N6/c18-17(23-14-9-15-7-1-3-10-19-15)22-13-6-5-12-21-16-8-2-4-11-20-16/h1-4,7-8,10-11H,5-6,9,12-14H2,(H,20,21)(H3,18,22,23). The fraction of sp³-hybridized carbons (Fsp3) is 0.353. The lowest BCUT2D eigenvalue weighted by Crippen LogP contribution is -2.33. The van der Waals surface area contributed by atoms with Crippen LogP contribution >= 0.6 is 0 Å². The molecule has 0 unspecified atom stereocenters. The second-order valence-electron chi connectivity index (χ2n) is 5.11. The zero-order valence-corrected chi connectivity index (χ0v) is 13.3. The van der Waals surface area contributed by atoms with Gasteiger partial charge in [0.05, 0.1) is 0 Å². The van der Waals surface area contributed by atoms with E-state index in [4.69, 9.17) is 5.73 Å². The Labute approximate surface area is 137 Å². The highest BCUT2D eigenvalue weighted by atomic mass is 15.1. The number of hydrogen-bond donors (Lipinski definition) is 3. The average molecular weight is 312 g/mol. The Morgan fingerprint density at radius 1 is 1.00 bits per heavy atom. The van der Waals surface area contributed by atoms with E-state index in [9.17, 15) is 0 Å². The maximum Gasteiger partial charge on any atom is 0.188 e. The van der Waals surface area contributed by atoms with Gasteiger partial charge in [0.25, 0.3) is 0 Å². The molecular weight excluding hydrogens is 288 g/mol. The van der Waals surface area contributed by atoms with Crippen LogP contribution in [0.4, 0.5) is 5.82 Å². The molecular formula is C17H24N6. The quantitative estimate of drug-likeness (QED) is 0.373. The number of nitrogens with zero attached hydrogens (tertiary/aromatic N) is 3. The second-order valence-corrected chi connectivity index (χ2v) is 5.11. The van der Waals surface area contributed by atoms with Crippen LogP contribution in [-0.2, 0) is 6.42 Å². The van der Waals surface area contributed by atoms with Crippen LogP contribution in [0, 0.1) is 0 Å². The van der Waals surface area contributed by atoms with E-state index in [0.29, 0.717) is 5.96 Å². The predicted molar refractivity (Wildman–Crippen MR) is 94.4 cm³/mol. The molecule has 6 heteroatoms. The molecule has 0 radical (unpaired) electrons. The monoisotopic (exact) mass is 312 g/mol. The number of aliphatic imine (C=N–C) groups is 1. The number of aromatic nitrogens is 2. The normalized spacial score (nSPS) is 11.2. The van der Waals surface area contributed by atoms with E-state index in [-0.39, 0.29) is 0 Å². The molecule has 0 saturated heterocycles. The number of guanidine groups is 1. The van der Waals surface area contributed by atoms with Crippen LogP contribution in [0.3, 0.4) is 0 Å². The molecule has 0 spiro atoms. The highest BCUT2D eigenvalue weighted by molar-refractivity contribution is 5.77. The zero-order chi connectivity index (χ0) is 16.2. The molecule has 2 rings (SSSR count). The fourth-order valence-corrected chi connectivity index (χ4v) is 2.04. The molecule has 0 fully saturated rings. The minimum absolute atomic E-state index is 0.499. The minimum Gasteiger partial charge on any atom is -0.370 e. The van der Waals surface area contributed by atoms with E-state index in [1.54, 1.807) is 12.4 Å². The van der Waals surface area contributed by atoms with Gasteiger partial charge in [0, 0.05) is 44.1 Å². The largest absolute Gasteiger partial charge is 0.370 e. The lowest BCUT2D eigenvalue weighted by molar-refractivity contribution is 0.762. The van der Waals surface area contributed by atoms with E-state index in [0.717, 1.165) is 50.4 Å². The Morgan fingerprint density at radius 3 is 2.57 bits per heavy atom. The van der Waals surface area contributed by atoms with Gasteiger partial charge >= 0.3 is 0 Å². The predicted octanol–water partition coefficient (Wildman–Crippen LogP) is 1.82. The van der Waals surface area contributed by atoms with Gasteiger partial charge in [-0.1, -0.05) is 12.1 Å². The molecule has 0 aliphatic rings. The van der Waals surface area contributed by atoms with Crippen molar-refractivity contribution < 1.29 is 0 Å². The van der Waals surface area contributed by atoms with E-state index >= 15 is 0 Å². The minimum atomic E-state index is 0.499. The van der Waals surface area contributed by atoms with Gasteiger partial charge in [-0.05, 0) is 37.1 Å². The van der Waals surface area contributed by atoms with Gasteiger partial charge in [-0.25, -0.2) is 4.98 Å². The summed E-state index contributed by atoms with van der Waals surface area (Å²) < 4.78 is 0. The van der Waals surface area contributed by atoms with Crippen LogP contribution in [0.15, 0.2) is 53.8 Å². The van der Waals surface area contributed by atoms with Crippen molar-refractivity contribution in [3.05, 3.63) is 54.5 Å². The lowest BCUT2D eigenvalue weighted by atomic mass is 10.3. The van der Waals surface area contributed by atoms with Gasteiger partial charge < -0.3 is 16.4 Å². The molecule has 6 nitrogen and oxygen atoms in total. The van der Waals surface area contributed by atoms with E-state index < -0.39 is 0 Å². The van der Waals surface area contributed by atoms with Gasteiger partial charge in [0.2, 0.25) is 0 Å². The number of anilines is 1. The highest BCUT2D eigenvalue weighted by Crippen LogP contribution is 2.00. The summed E-state index contributed by atoms with van der Waals surface area (Å²) in [5, 5.41) is 6.38. The van der Waals surface area contributed by atoms with Crippen molar-refractivity contribution in [2.24, 2.45) is 10.7 Å². The maximum atomic E-state index is 5.84. The molecule has 0 aliphatic heterocycles. The Morgan fingerprint density at radius 2 is 1.83 bits per heavy atom. The lowest BCUT2D eigenvalue weighted by Gasteiger charge is -2.06. The first-order valence-corrected chi connectivity index (χ1v) is 7.93. The Bertz CT molecular complexity index is 570. The third kappa shape index (κ3) is 7.26. The summed E-state index contributed by atoms with van der Waals surface area (Å²) in [7, 11) is 0. The van der Waals surface area contributed by atoms with Gasteiger partial charge in [0.15, 0.2) is 5.96 Å². The molecule has 2 aromatic heterocycles. The summed E-state index contributed by atoms with van der Waals surface area (Å²) in [6, 6.07) is 11.7. The van der Waals surface area contributed by atoms with Crippen molar-refractivity contribution >= 4 is 11.8 Å². The molecule has 2 heterocycles. The molecule has 0 bridgehead atoms. The topological polar surface area (TPSA) is 88.2 Å². The molecule has 0 saturated carbocycles. The van der Waals surface area contributed by atoms with E-state index in [2.05, 4.69) is 25.6 Å². The van der Waals surface area contributed by atoms with Crippen LogP contribution in [0.2, 0.25) is 0 Å². The summed E-state index contributed by atoms with van der Waals surface area (Å²) in [5.41, 5.74) is 6.89. The number of pyridine rings is 2. The average Bonchev–Trinajstić information content (AvgIpc) is 2.60. The molecule has 122 valence electrons. The van der Waals surface area contributed by atoms with Gasteiger partial charge in [-0.2, -0.15) is 0 Å². The Hall–Kier alpha value is -2.63. The van der Waals surface area contributed by atoms with Crippen LogP contribution in [0.25, 0.3) is 0 Å². The van der Waals surface area contributed by atoms with Crippen molar-refractivity contribution in [2.75, 3.05) is 25.0 Å². The molecule has 0 atom stereocenters. The zero-order valence-electron chi connectivity index (χ0n) is 13.3. The van der Waals surface area contributed by atoms with Gasteiger partial charge in [-0.3, -0.25) is 9.98 Å². The third-order valence-electron chi connectivity index (χ3n) is 3.25. The molecule has 0 amide bonds. The maximum absolute atomic E-state index is 5.84. The van der Waals surface area contributed by atoms with Crippen LogP contribution in [0.1, 0.15) is 18.5 Å². The first-order valence-electron chi connectivity index (χ1n) is 7.93. The number of hydrogen-bond acceptors (Lipinski definition) is 4. The smallest absolute Gasteiger partial charge is 0.188 e. The number of rotatable bonds is 9. The second kappa shape index (κ2) is 10.2. The summed E-state index contributed by atoms with van der Waals surface area (Å²) in [6.07, 6.45) is 6.44. The van der Waals surface area contributed by atoms with Crippen molar-refractivity contribution in [3.8, 4) is 0 Å². The molecule has 2 aromatic rings. The number of unbranched alkanes of at least 4 members (excludes halogenated alkanes) is 1. The summed E-state index contributed by atoms with van der Waals surface area (Å²) in [5.74, 6) is 1.41. The first-order chi connectivity index (χ1) is 11.3.